The summed E-state index contributed by atoms with van der Waals surface area (Å²) in [6.07, 6.45) is 1.24. The minimum Gasteiger partial charge on any atom is -0.497 e. The molecular formula is C22H26N2O2. The van der Waals surface area contributed by atoms with Crippen molar-refractivity contribution in [1.82, 2.24) is 9.88 Å². The van der Waals surface area contributed by atoms with Crippen LogP contribution < -0.4 is 10.1 Å². The first-order valence-corrected chi connectivity index (χ1v) is 9.40. The lowest BCUT2D eigenvalue weighted by atomic mass is 9.94. The van der Waals surface area contributed by atoms with Crippen molar-refractivity contribution in [3.8, 4) is 16.9 Å². The second-order valence-corrected chi connectivity index (χ2v) is 6.94. The van der Waals surface area contributed by atoms with Crippen molar-refractivity contribution in [3.63, 3.8) is 0 Å². The molecule has 0 spiro atoms. The first-order chi connectivity index (χ1) is 12.7. The van der Waals surface area contributed by atoms with E-state index in [1.54, 1.807) is 7.11 Å². The lowest BCUT2D eigenvalue weighted by Crippen LogP contribution is -2.17. The molecule has 26 heavy (non-hydrogen) atoms. The molecule has 0 saturated carbocycles. The van der Waals surface area contributed by atoms with Gasteiger partial charge in [0.2, 0.25) is 0 Å². The van der Waals surface area contributed by atoms with Crippen LogP contribution in [0.25, 0.3) is 22.0 Å². The van der Waals surface area contributed by atoms with Gasteiger partial charge in [0.25, 0.3) is 0 Å². The van der Waals surface area contributed by atoms with E-state index < -0.39 is 6.10 Å². The summed E-state index contributed by atoms with van der Waals surface area (Å²) in [5.74, 6) is 0.778. The number of hydrogen-bond acceptors (Lipinski definition) is 3. The Labute approximate surface area is 154 Å². The number of hydrogen-bond donors (Lipinski definition) is 2. The van der Waals surface area contributed by atoms with E-state index in [0.29, 0.717) is 6.42 Å². The van der Waals surface area contributed by atoms with Crippen molar-refractivity contribution in [2.24, 2.45) is 0 Å². The van der Waals surface area contributed by atoms with E-state index in [1.807, 2.05) is 19.1 Å². The van der Waals surface area contributed by atoms with Crippen LogP contribution in [0.5, 0.6) is 5.75 Å². The lowest BCUT2D eigenvalue weighted by molar-refractivity contribution is 0.174. The molecule has 2 aromatic carbocycles. The summed E-state index contributed by atoms with van der Waals surface area (Å²) in [5.41, 5.74) is 5.81. The number of nitrogens with one attached hydrogen (secondary N) is 1. The molecule has 4 nitrogen and oxygen atoms in total. The SMILES string of the molecule is CCC(O)c1cc(OC)ccc1-c1ccc2cc3n(c2c1)CCNCC3. The Morgan fingerprint density at radius 1 is 1.15 bits per heavy atom. The van der Waals surface area contributed by atoms with Crippen LogP contribution in [0.15, 0.2) is 42.5 Å². The van der Waals surface area contributed by atoms with Crippen molar-refractivity contribution in [2.75, 3.05) is 20.2 Å². The van der Waals surface area contributed by atoms with Gasteiger partial charge < -0.3 is 19.7 Å². The zero-order chi connectivity index (χ0) is 18.1. The van der Waals surface area contributed by atoms with Gasteiger partial charge in [-0.15, -0.1) is 0 Å². The van der Waals surface area contributed by atoms with Crippen molar-refractivity contribution < 1.29 is 9.84 Å². The highest BCUT2D eigenvalue weighted by Crippen LogP contribution is 2.35. The highest BCUT2D eigenvalue weighted by molar-refractivity contribution is 5.87. The molecule has 0 aliphatic carbocycles. The smallest absolute Gasteiger partial charge is 0.119 e. The molecule has 136 valence electrons. The molecular weight excluding hydrogens is 324 g/mol. The van der Waals surface area contributed by atoms with Crippen LogP contribution in [0, 0.1) is 0 Å². The Morgan fingerprint density at radius 2 is 2.04 bits per heavy atom. The maximum atomic E-state index is 10.5. The third-order valence-corrected chi connectivity index (χ3v) is 5.38. The fraction of sp³-hybridized carbons (Fsp3) is 0.364. The van der Waals surface area contributed by atoms with Gasteiger partial charge in [0.15, 0.2) is 0 Å². The van der Waals surface area contributed by atoms with Crippen molar-refractivity contribution in [3.05, 3.63) is 53.7 Å². The maximum absolute atomic E-state index is 10.5. The van der Waals surface area contributed by atoms with Crippen LogP contribution in [0.1, 0.15) is 30.7 Å². The fourth-order valence-electron chi connectivity index (χ4n) is 3.91. The minimum absolute atomic E-state index is 0.496. The van der Waals surface area contributed by atoms with Crippen LogP contribution in [0.2, 0.25) is 0 Å². The maximum Gasteiger partial charge on any atom is 0.119 e. The number of benzene rings is 2. The van der Waals surface area contributed by atoms with Gasteiger partial charge in [-0.05, 0) is 52.8 Å². The molecule has 0 saturated heterocycles. The molecule has 1 aromatic heterocycles. The van der Waals surface area contributed by atoms with Crippen LogP contribution in [0.4, 0.5) is 0 Å². The molecule has 0 bridgehead atoms. The normalized spacial score (nSPS) is 15.5. The molecule has 4 heteroatoms. The topological polar surface area (TPSA) is 46.4 Å². The number of methoxy groups -OCH3 is 1. The third kappa shape index (κ3) is 3.00. The Morgan fingerprint density at radius 3 is 2.85 bits per heavy atom. The summed E-state index contributed by atoms with van der Waals surface area (Å²) in [4.78, 5) is 0. The van der Waals surface area contributed by atoms with Gasteiger partial charge in [-0.2, -0.15) is 0 Å². The van der Waals surface area contributed by atoms with E-state index in [0.717, 1.165) is 48.5 Å². The van der Waals surface area contributed by atoms with Crippen molar-refractivity contribution in [1.29, 1.82) is 0 Å². The van der Waals surface area contributed by atoms with Crippen LogP contribution in [-0.2, 0) is 13.0 Å². The van der Waals surface area contributed by atoms with Gasteiger partial charge in [0.1, 0.15) is 5.75 Å². The first-order valence-electron chi connectivity index (χ1n) is 9.40. The molecule has 2 N–H and O–H groups in total. The Bertz CT molecular complexity index is 929. The largest absolute Gasteiger partial charge is 0.497 e. The number of aromatic nitrogens is 1. The summed E-state index contributed by atoms with van der Waals surface area (Å²) in [6, 6.07) is 14.9. The molecule has 1 unspecified atom stereocenters. The Kier molecular flexibility index (Phi) is 4.70. The molecule has 1 aliphatic rings. The predicted octanol–water partition coefficient (Wildman–Crippen LogP) is 3.91. The standard InChI is InChI=1S/C22H26N2O2/c1-3-22(25)20-14-18(26-2)6-7-19(20)15-4-5-16-12-17-8-9-23-10-11-24(17)21(16)13-15/h4-7,12-14,22-23,25H,3,8-11H2,1-2H3. The third-order valence-electron chi connectivity index (χ3n) is 5.38. The summed E-state index contributed by atoms with van der Waals surface area (Å²) in [5, 5.41) is 15.3. The number of fused-ring (bicyclic) bond motifs is 3. The summed E-state index contributed by atoms with van der Waals surface area (Å²) in [6.45, 7) is 5.03. The number of ether oxygens (including phenoxy) is 1. The van der Waals surface area contributed by atoms with Gasteiger partial charge in [0.05, 0.1) is 13.2 Å². The molecule has 0 amide bonds. The molecule has 1 aliphatic heterocycles. The number of aliphatic hydroxyl groups excluding tert-OH is 1. The lowest BCUT2D eigenvalue weighted by Gasteiger charge is -2.16. The molecule has 1 atom stereocenters. The molecule has 3 aromatic rings. The van der Waals surface area contributed by atoms with Crippen LogP contribution >= 0.6 is 0 Å². The monoisotopic (exact) mass is 350 g/mol. The molecule has 0 radical (unpaired) electrons. The minimum atomic E-state index is -0.496. The number of aliphatic hydroxyl groups is 1. The Balaban J connectivity index is 1.85. The predicted molar refractivity (Wildman–Crippen MR) is 106 cm³/mol. The van der Waals surface area contributed by atoms with Crippen molar-refractivity contribution >= 4 is 10.9 Å². The Hall–Kier alpha value is -2.30. The number of rotatable bonds is 4. The van der Waals surface area contributed by atoms with Gasteiger partial charge in [0, 0.05) is 37.3 Å². The van der Waals surface area contributed by atoms with Crippen molar-refractivity contribution in [2.45, 2.75) is 32.4 Å². The van der Waals surface area contributed by atoms with Crippen LogP contribution in [-0.4, -0.2) is 29.9 Å². The first kappa shape index (κ1) is 17.1. The van der Waals surface area contributed by atoms with E-state index >= 15 is 0 Å². The van der Waals surface area contributed by atoms with Gasteiger partial charge in [-0.25, -0.2) is 0 Å². The average molecular weight is 350 g/mol. The van der Waals surface area contributed by atoms with E-state index in [1.165, 1.54) is 16.6 Å². The summed E-state index contributed by atoms with van der Waals surface area (Å²) >= 11 is 0. The zero-order valence-corrected chi connectivity index (χ0v) is 15.5. The van der Waals surface area contributed by atoms with E-state index in [-0.39, 0.29) is 0 Å². The summed E-state index contributed by atoms with van der Waals surface area (Å²) < 4.78 is 7.79. The van der Waals surface area contributed by atoms with E-state index in [4.69, 9.17) is 4.74 Å². The highest BCUT2D eigenvalue weighted by Gasteiger charge is 2.16. The molecule has 2 heterocycles. The van der Waals surface area contributed by atoms with Gasteiger partial charge in [-0.1, -0.05) is 25.1 Å². The van der Waals surface area contributed by atoms with E-state index in [2.05, 4.69) is 40.2 Å². The molecule has 4 rings (SSSR count). The quantitative estimate of drug-likeness (QED) is 0.750. The van der Waals surface area contributed by atoms with Gasteiger partial charge >= 0.3 is 0 Å². The zero-order valence-electron chi connectivity index (χ0n) is 15.5. The van der Waals surface area contributed by atoms with Gasteiger partial charge in [-0.3, -0.25) is 0 Å². The average Bonchev–Trinajstić information content (AvgIpc) is 2.86. The fourth-order valence-corrected chi connectivity index (χ4v) is 3.91. The second kappa shape index (κ2) is 7.14. The van der Waals surface area contributed by atoms with Crippen LogP contribution in [0.3, 0.4) is 0 Å². The second-order valence-electron chi connectivity index (χ2n) is 6.94. The van der Waals surface area contributed by atoms with E-state index in [9.17, 15) is 5.11 Å². The summed E-state index contributed by atoms with van der Waals surface area (Å²) in [7, 11) is 1.66. The number of nitrogens with zero attached hydrogens (tertiary/aromatic N) is 1. The molecule has 0 fully saturated rings. The highest BCUT2D eigenvalue weighted by atomic mass is 16.5.